The highest BCUT2D eigenvalue weighted by Crippen LogP contribution is 2.26. The molecule has 1 saturated heterocycles. The van der Waals surface area contributed by atoms with Gasteiger partial charge in [0.2, 0.25) is 0 Å². The summed E-state index contributed by atoms with van der Waals surface area (Å²) in [5.74, 6) is -4.02. The van der Waals surface area contributed by atoms with Crippen LogP contribution in [0.3, 0.4) is 0 Å². The lowest BCUT2D eigenvalue weighted by atomic mass is 10.2. The van der Waals surface area contributed by atoms with Crippen LogP contribution in [0.4, 0.5) is 14.5 Å². The van der Waals surface area contributed by atoms with E-state index in [1.54, 1.807) is 0 Å². The van der Waals surface area contributed by atoms with Gasteiger partial charge in [-0.1, -0.05) is 11.8 Å². The molecule has 1 aliphatic rings. The summed E-state index contributed by atoms with van der Waals surface area (Å²) in [6.45, 7) is 0. The maximum atomic E-state index is 12.2. The number of ether oxygens (including phenoxy) is 1. The normalized spacial score (nSPS) is 21.5. The van der Waals surface area contributed by atoms with Gasteiger partial charge in [-0.2, -0.15) is 8.78 Å². The van der Waals surface area contributed by atoms with Gasteiger partial charge >= 0.3 is 5.97 Å². The van der Waals surface area contributed by atoms with E-state index in [1.165, 1.54) is 24.3 Å². The predicted molar refractivity (Wildman–Crippen MR) is 72.5 cm³/mol. The second-order valence-corrected chi connectivity index (χ2v) is 5.48. The number of thioether (sulfide) groups is 1. The van der Waals surface area contributed by atoms with Crippen molar-refractivity contribution in [1.29, 1.82) is 0 Å². The first kappa shape index (κ1) is 15.7. The molecule has 2 N–H and O–H groups in total. The minimum absolute atomic E-state index is 0.289. The molecule has 0 bridgehead atoms. The molecule has 1 heterocycles. The van der Waals surface area contributed by atoms with E-state index in [0.29, 0.717) is 28.8 Å². The van der Waals surface area contributed by atoms with Crippen LogP contribution < -0.4 is 5.32 Å². The van der Waals surface area contributed by atoms with Crippen molar-refractivity contribution < 1.29 is 28.2 Å². The lowest BCUT2D eigenvalue weighted by molar-refractivity contribution is -0.150. The van der Waals surface area contributed by atoms with E-state index >= 15 is 0 Å². The first-order valence-corrected chi connectivity index (χ1v) is 7.07. The molecule has 1 aliphatic heterocycles. The number of halogens is 2. The first-order valence-electron chi connectivity index (χ1n) is 6.19. The second-order valence-electron chi connectivity index (χ2n) is 4.42. The Morgan fingerprint density at radius 1 is 1.24 bits per heavy atom. The van der Waals surface area contributed by atoms with E-state index in [-0.39, 0.29) is 6.42 Å². The van der Waals surface area contributed by atoms with Crippen molar-refractivity contribution in [3.05, 3.63) is 24.3 Å². The van der Waals surface area contributed by atoms with Crippen LogP contribution in [0, 0.1) is 0 Å². The van der Waals surface area contributed by atoms with Gasteiger partial charge < -0.3 is 15.2 Å². The Hall–Kier alpha value is -1.67. The van der Waals surface area contributed by atoms with Gasteiger partial charge in [-0.25, -0.2) is 4.79 Å². The van der Waals surface area contributed by atoms with E-state index in [0.717, 1.165) is 0 Å². The monoisotopic (exact) mass is 317 g/mol. The Morgan fingerprint density at radius 2 is 1.86 bits per heavy atom. The van der Waals surface area contributed by atoms with Crippen LogP contribution in [0.5, 0.6) is 0 Å². The van der Waals surface area contributed by atoms with Crippen molar-refractivity contribution in [1.82, 2.24) is 0 Å². The van der Waals surface area contributed by atoms with Gasteiger partial charge in [-0.15, -0.1) is 0 Å². The summed E-state index contributed by atoms with van der Waals surface area (Å²) in [5.41, 5.74) is 0.445. The Balaban J connectivity index is 1.89. The number of anilines is 1. The number of amides is 1. The zero-order valence-electron chi connectivity index (χ0n) is 10.8. The number of alkyl halides is 2. The van der Waals surface area contributed by atoms with Crippen molar-refractivity contribution >= 4 is 29.3 Å². The van der Waals surface area contributed by atoms with Crippen molar-refractivity contribution in [3.8, 4) is 0 Å². The molecule has 0 aliphatic carbocycles. The lowest BCUT2D eigenvalue weighted by Crippen LogP contribution is -2.29. The molecule has 114 valence electrons. The van der Waals surface area contributed by atoms with Gasteiger partial charge in [0.1, 0.15) is 6.10 Å². The van der Waals surface area contributed by atoms with Crippen LogP contribution in [-0.2, 0) is 14.3 Å². The van der Waals surface area contributed by atoms with Gasteiger partial charge in [0.05, 0.1) is 0 Å². The highest BCUT2D eigenvalue weighted by molar-refractivity contribution is 7.99. The Labute approximate surface area is 123 Å². The van der Waals surface area contributed by atoms with Gasteiger partial charge in [0.25, 0.3) is 11.7 Å². The molecule has 0 aromatic heterocycles. The molecule has 1 aromatic carbocycles. The minimum atomic E-state index is -2.50. The Morgan fingerprint density at radius 3 is 2.38 bits per heavy atom. The molecule has 0 saturated carbocycles. The summed E-state index contributed by atoms with van der Waals surface area (Å²) in [7, 11) is 0. The molecular weight excluding hydrogens is 304 g/mol. The fourth-order valence-corrected chi connectivity index (χ4v) is 2.45. The minimum Gasteiger partial charge on any atom is -0.479 e. The van der Waals surface area contributed by atoms with E-state index in [2.05, 4.69) is 5.32 Å². The maximum absolute atomic E-state index is 12.2. The average Bonchev–Trinajstić information content (AvgIpc) is 2.90. The van der Waals surface area contributed by atoms with Crippen molar-refractivity contribution in [3.63, 3.8) is 0 Å². The number of hydrogen-bond acceptors (Lipinski definition) is 4. The number of carbonyl (C=O) groups is 2. The fourth-order valence-electron chi connectivity index (χ4n) is 1.95. The molecule has 0 radical (unpaired) electrons. The van der Waals surface area contributed by atoms with Crippen LogP contribution in [0.1, 0.15) is 12.8 Å². The molecular formula is C13H13F2NO4S. The van der Waals surface area contributed by atoms with Crippen molar-refractivity contribution in [2.24, 2.45) is 0 Å². The summed E-state index contributed by atoms with van der Waals surface area (Å²) in [6, 6.07) is 5.96. The highest BCUT2D eigenvalue weighted by Gasteiger charge is 2.34. The molecule has 0 unspecified atom stereocenters. The smallest absolute Gasteiger partial charge is 0.332 e. The zero-order chi connectivity index (χ0) is 15.4. The number of hydrogen-bond donors (Lipinski definition) is 2. The van der Waals surface area contributed by atoms with Crippen molar-refractivity contribution in [2.45, 2.75) is 35.7 Å². The van der Waals surface area contributed by atoms with Crippen LogP contribution in [-0.4, -0.2) is 34.9 Å². The second kappa shape index (κ2) is 6.86. The van der Waals surface area contributed by atoms with Crippen LogP contribution in [0.15, 0.2) is 29.2 Å². The Kier molecular flexibility index (Phi) is 5.13. The average molecular weight is 317 g/mol. The SMILES string of the molecule is O=C(Nc1ccc(SC(F)F)cc1)[C@@H]1CC[C@H](C(=O)O)O1. The topological polar surface area (TPSA) is 75.6 Å². The number of rotatable bonds is 5. The number of carboxylic acids is 1. The number of carboxylic acid groups (broad SMARTS) is 1. The third-order valence-corrected chi connectivity index (χ3v) is 3.66. The highest BCUT2D eigenvalue weighted by atomic mass is 32.2. The molecule has 1 aromatic rings. The van der Waals surface area contributed by atoms with E-state index in [4.69, 9.17) is 9.84 Å². The van der Waals surface area contributed by atoms with Gasteiger partial charge in [-0.3, -0.25) is 4.79 Å². The van der Waals surface area contributed by atoms with Gasteiger partial charge in [0.15, 0.2) is 6.10 Å². The van der Waals surface area contributed by atoms with E-state index in [1.807, 2.05) is 0 Å². The summed E-state index contributed by atoms with van der Waals surface area (Å²) >= 11 is 0.419. The van der Waals surface area contributed by atoms with Crippen LogP contribution in [0.25, 0.3) is 0 Å². The Bertz CT molecular complexity index is 523. The van der Waals surface area contributed by atoms with Gasteiger partial charge in [0, 0.05) is 10.6 Å². The zero-order valence-corrected chi connectivity index (χ0v) is 11.6. The molecule has 1 fully saturated rings. The molecule has 0 spiro atoms. The number of nitrogens with one attached hydrogen (secondary N) is 1. The van der Waals surface area contributed by atoms with E-state index < -0.39 is 29.8 Å². The predicted octanol–water partition coefficient (Wildman–Crippen LogP) is 2.57. The van der Waals surface area contributed by atoms with Crippen LogP contribution >= 0.6 is 11.8 Å². The quantitative estimate of drug-likeness (QED) is 0.816. The molecule has 2 atom stereocenters. The summed E-state index contributed by atoms with van der Waals surface area (Å²) in [4.78, 5) is 23.0. The summed E-state index contributed by atoms with van der Waals surface area (Å²) in [6.07, 6.45) is -1.13. The third-order valence-electron chi connectivity index (χ3n) is 2.93. The maximum Gasteiger partial charge on any atom is 0.332 e. The standard InChI is InChI=1S/C13H13F2NO4S/c14-13(15)21-8-3-1-7(2-4-8)16-11(17)9-5-6-10(20-9)12(18)19/h1-4,9-10,13H,5-6H2,(H,16,17)(H,18,19)/t9-,10+/m0/s1. The third kappa shape index (κ3) is 4.40. The molecule has 1 amide bonds. The van der Waals surface area contributed by atoms with Crippen molar-refractivity contribution in [2.75, 3.05) is 5.32 Å². The summed E-state index contributed by atoms with van der Waals surface area (Å²) in [5, 5.41) is 11.4. The largest absolute Gasteiger partial charge is 0.479 e. The number of carbonyl (C=O) groups excluding carboxylic acids is 1. The molecule has 21 heavy (non-hydrogen) atoms. The summed E-state index contributed by atoms with van der Waals surface area (Å²) < 4.78 is 29.5. The number of aliphatic carboxylic acids is 1. The lowest BCUT2D eigenvalue weighted by Gasteiger charge is -2.12. The van der Waals surface area contributed by atoms with E-state index in [9.17, 15) is 18.4 Å². The van der Waals surface area contributed by atoms with Gasteiger partial charge in [-0.05, 0) is 37.1 Å². The van der Waals surface area contributed by atoms with Crippen LogP contribution in [0.2, 0.25) is 0 Å². The fraction of sp³-hybridized carbons (Fsp3) is 0.385. The molecule has 8 heteroatoms. The molecule has 5 nitrogen and oxygen atoms in total. The molecule has 2 rings (SSSR count). The number of benzene rings is 1. The first-order chi connectivity index (χ1) is 9.95.